The van der Waals surface area contributed by atoms with E-state index in [-0.39, 0.29) is 5.91 Å². The van der Waals surface area contributed by atoms with Gasteiger partial charge in [-0.25, -0.2) is 0 Å². The number of carbonyl (C=O) groups excluding carboxylic acids is 1. The maximum Gasteiger partial charge on any atom is 0.268 e. The first kappa shape index (κ1) is 14.4. The Morgan fingerprint density at radius 2 is 2.00 bits per heavy atom. The highest BCUT2D eigenvalue weighted by Gasteiger charge is 2.31. The predicted molar refractivity (Wildman–Crippen MR) is 85.5 cm³/mol. The van der Waals surface area contributed by atoms with Gasteiger partial charge < -0.3 is 14.4 Å². The lowest BCUT2D eigenvalue weighted by Gasteiger charge is -2.33. The number of hydrogen-bond donors (Lipinski definition) is 0. The van der Waals surface area contributed by atoms with E-state index in [1.54, 1.807) is 18.9 Å². The fraction of sp³-hybridized carbons (Fsp3) is 0.278. The van der Waals surface area contributed by atoms with Crippen LogP contribution < -0.4 is 14.4 Å². The molecule has 3 rings (SSSR count). The Labute approximate surface area is 130 Å². The molecule has 0 N–H and O–H groups in total. The molecule has 0 spiro atoms. The second-order valence-electron chi connectivity index (χ2n) is 5.47. The highest BCUT2D eigenvalue weighted by atomic mass is 16.5. The molecule has 0 saturated heterocycles. The minimum absolute atomic E-state index is 0.0380. The lowest BCUT2D eigenvalue weighted by Crippen LogP contribution is -2.44. The van der Waals surface area contributed by atoms with Crippen molar-refractivity contribution in [3.63, 3.8) is 0 Å². The summed E-state index contributed by atoms with van der Waals surface area (Å²) in [6.07, 6.45) is -0.482. The van der Waals surface area contributed by atoms with Crippen LogP contribution in [0.1, 0.15) is 18.1 Å². The van der Waals surface area contributed by atoms with Gasteiger partial charge in [-0.2, -0.15) is 0 Å². The SMILES string of the molecule is COc1ccccc1CN1C(=O)C(C)Oc2ccc(C)cc21. The van der Waals surface area contributed by atoms with E-state index in [0.29, 0.717) is 6.54 Å². The minimum Gasteiger partial charge on any atom is -0.496 e. The van der Waals surface area contributed by atoms with Crippen LogP contribution in [0.4, 0.5) is 5.69 Å². The van der Waals surface area contributed by atoms with Crippen molar-refractivity contribution in [1.82, 2.24) is 0 Å². The smallest absolute Gasteiger partial charge is 0.268 e. The second-order valence-corrected chi connectivity index (χ2v) is 5.47. The first-order chi connectivity index (χ1) is 10.6. The molecule has 1 unspecified atom stereocenters. The molecule has 4 nitrogen and oxygen atoms in total. The van der Waals surface area contributed by atoms with E-state index in [9.17, 15) is 4.79 Å². The second kappa shape index (κ2) is 5.72. The summed E-state index contributed by atoms with van der Waals surface area (Å²) in [6.45, 7) is 4.25. The third-order valence-electron chi connectivity index (χ3n) is 3.84. The van der Waals surface area contributed by atoms with Crippen molar-refractivity contribution in [3.8, 4) is 11.5 Å². The molecular formula is C18H19NO3. The number of carbonyl (C=O) groups is 1. The van der Waals surface area contributed by atoms with Crippen molar-refractivity contribution in [2.24, 2.45) is 0 Å². The maximum atomic E-state index is 12.6. The molecule has 1 aliphatic rings. The molecule has 1 amide bonds. The number of methoxy groups -OCH3 is 1. The average molecular weight is 297 g/mol. The molecule has 4 heteroatoms. The third-order valence-corrected chi connectivity index (χ3v) is 3.84. The van der Waals surface area contributed by atoms with Gasteiger partial charge in [0.1, 0.15) is 11.5 Å². The number of anilines is 1. The molecule has 0 radical (unpaired) electrons. The van der Waals surface area contributed by atoms with E-state index < -0.39 is 6.10 Å². The van der Waals surface area contributed by atoms with E-state index >= 15 is 0 Å². The summed E-state index contributed by atoms with van der Waals surface area (Å²) < 4.78 is 11.1. The van der Waals surface area contributed by atoms with Gasteiger partial charge in [0.15, 0.2) is 6.10 Å². The van der Waals surface area contributed by atoms with Crippen molar-refractivity contribution in [3.05, 3.63) is 53.6 Å². The van der Waals surface area contributed by atoms with Crippen LogP contribution in [0, 0.1) is 6.92 Å². The summed E-state index contributed by atoms with van der Waals surface area (Å²) in [5, 5.41) is 0. The molecule has 0 aliphatic carbocycles. The van der Waals surface area contributed by atoms with Crippen molar-refractivity contribution in [2.75, 3.05) is 12.0 Å². The van der Waals surface area contributed by atoms with Crippen LogP contribution in [0.2, 0.25) is 0 Å². The van der Waals surface area contributed by atoms with Crippen LogP contribution in [-0.4, -0.2) is 19.1 Å². The molecule has 2 aromatic rings. The highest BCUT2D eigenvalue weighted by molar-refractivity contribution is 5.99. The number of fused-ring (bicyclic) bond motifs is 1. The highest BCUT2D eigenvalue weighted by Crippen LogP contribution is 2.36. The zero-order chi connectivity index (χ0) is 15.7. The van der Waals surface area contributed by atoms with Gasteiger partial charge in [0.2, 0.25) is 0 Å². The van der Waals surface area contributed by atoms with Gasteiger partial charge >= 0.3 is 0 Å². The summed E-state index contributed by atoms with van der Waals surface area (Å²) >= 11 is 0. The monoisotopic (exact) mass is 297 g/mol. The molecule has 1 atom stereocenters. The zero-order valence-corrected chi connectivity index (χ0v) is 13.0. The number of nitrogens with zero attached hydrogens (tertiary/aromatic N) is 1. The van der Waals surface area contributed by atoms with Crippen LogP contribution in [0.25, 0.3) is 0 Å². The van der Waals surface area contributed by atoms with Crippen LogP contribution in [0.5, 0.6) is 11.5 Å². The Morgan fingerprint density at radius 1 is 1.23 bits per heavy atom. The van der Waals surface area contributed by atoms with E-state index in [1.165, 1.54) is 0 Å². The van der Waals surface area contributed by atoms with Crippen molar-refractivity contribution in [1.29, 1.82) is 0 Å². The largest absolute Gasteiger partial charge is 0.496 e. The van der Waals surface area contributed by atoms with Crippen molar-refractivity contribution < 1.29 is 14.3 Å². The fourth-order valence-corrected chi connectivity index (χ4v) is 2.68. The lowest BCUT2D eigenvalue weighted by molar-refractivity contribution is -0.125. The summed E-state index contributed by atoms with van der Waals surface area (Å²) in [7, 11) is 1.64. The van der Waals surface area contributed by atoms with Gasteiger partial charge in [0.25, 0.3) is 5.91 Å². The Balaban J connectivity index is 2.02. The molecule has 1 heterocycles. The number of benzene rings is 2. The number of amides is 1. The Kier molecular flexibility index (Phi) is 3.75. The molecule has 0 bridgehead atoms. The summed E-state index contributed by atoms with van der Waals surface area (Å²) in [4.78, 5) is 14.3. The molecule has 1 aliphatic heterocycles. The Bertz CT molecular complexity index is 711. The van der Waals surface area contributed by atoms with E-state index in [0.717, 1.165) is 28.3 Å². The summed E-state index contributed by atoms with van der Waals surface area (Å²) in [5.74, 6) is 1.49. The number of rotatable bonds is 3. The van der Waals surface area contributed by atoms with Gasteiger partial charge in [0.05, 0.1) is 19.3 Å². The normalized spacial score (nSPS) is 17.0. The van der Waals surface area contributed by atoms with E-state index in [1.807, 2.05) is 49.4 Å². The summed E-state index contributed by atoms with van der Waals surface area (Å²) in [5.41, 5.74) is 2.88. The van der Waals surface area contributed by atoms with Gasteiger partial charge in [0, 0.05) is 5.56 Å². The van der Waals surface area contributed by atoms with Crippen molar-refractivity contribution in [2.45, 2.75) is 26.5 Å². The Hall–Kier alpha value is -2.49. The minimum atomic E-state index is -0.482. The topological polar surface area (TPSA) is 38.8 Å². The van der Waals surface area contributed by atoms with Gasteiger partial charge in [-0.1, -0.05) is 24.3 Å². The fourth-order valence-electron chi connectivity index (χ4n) is 2.68. The lowest BCUT2D eigenvalue weighted by atomic mass is 10.1. The van der Waals surface area contributed by atoms with Crippen LogP contribution in [-0.2, 0) is 11.3 Å². The van der Waals surface area contributed by atoms with E-state index in [4.69, 9.17) is 9.47 Å². The van der Waals surface area contributed by atoms with E-state index in [2.05, 4.69) is 0 Å². The van der Waals surface area contributed by atoms with Gasteiger partial charge in [-0.05, 0) is 37.6 Å². The zero-order valence-electron chi connectivity index (χ0n) is 13.0. The first-order valence-electron chi connectivity index (χ1n) is 7.30. The predicted octanol–water partition coefficient (Wildman–Crippen LogP) is 3.32. The van der Waals surface area contributed by atoms with Crippen molar-refractivity contribution >= 4 is 11.6 Å². The standard InChI is InChI=1S/C18H19NO3/c1-12-8-9-17-15(10-12)19(18(20)13(2)22-17)11-14-6-4-5-7-16(14)21-3/h4-10,13H,11H2,1-3H3. The molecule has 114 valence electrons. The third kappa shape index (κ3) is 2.52. The average Bonchev–Trinajstić information content (AvgIpc) is 2.53. The summed E-state index contributed by atoms with van der Waals surface area (Å²) in [6, 6.07) is 13.6. The number of para-hydroxylation sites is 1. The molecule has 0 fully saturated rings. The van der Waals surface area contributed by atoms with Crippen LogP contribution >= 0.6 is 0 Å². The van der Waals surface area contributed by atoms with Gasteiger partial charge in [-0.15, -0.1) is 0 Å². The molecular weight excluding hydrogens is 278 g/mol. The molecule has 2 aromatic carbocycles. The van der Waals surface area contributed by atoms with Crippen LogP contribution in [0.15, 0.2) is 42.5 Å². The molecule has 22 heavy (non-hydrogen) atoms. The quantitative estimate of drug-likeness (QED) is 0.872. The Morgan fingerprint density at radius 3 is 2.77 bits per heavy atom. The number of hydrogen-bond acceptors (Lipinski definition) is 3. The molecule has 0 saturated carbocycles. The van der Waals surface area contributed by atoms with Crippen LogP contribution in [0.3, 0.4) is 0 Å². The maximum absolute atomic E-state index is 12.6. The number of aryl methyl sites for hydroxylation is 1. The van der Waals surface area contributed by atoms with Gasteiger partial charge in [-0.3, -0.25) is 4.79 Å². The number of ether oxygens (including phenoxy) is 2. The molecule has 0 aromatic heterocycles. The first-order valence-corrected chi connectivity index (χ1v) is 7.30.